The van der Waals surface area contributed by atoms with Gasteiger partial charge in [0.05, 0.1) is 19.0 Å². The first-order valence-electron chi connectivity index (χ1n) is 10.4. The van der Waals surface area contributed by atoms with Crippen LogP contribution in [0, 0.1) is 31.0 Å². The zero-order valence-electron chi connectivity index (χ0n) is 17.8. The van der Waals surface area contributed by atoms with Crippen LogP contribution >= 0.6 is 0 Å². The molecular formula is C24H29FN4O. The molecule has 1 amide bonds. The molecule has 0 N–H and O–H groups in total. The number of amides is 1. The van der Waals surface area contributed by atoms with E-state index < -0.39 is 0 Å². The number of nitriles is 1. The minimum Gasteiger partial charge on any atom is -0.310 e. The van der Waals surface area contributed by atoms with Crippen molar-refractivity contribution in [1.82, 2.24) is 9.80 Å². The molecule has 2 aromatic carbocycles. The summed E-state index contributed by atoms with van der Waals surface area (Å²) in [5, 5.41) is 9.01. The number of hydrogen-bond donors (Lipinski definition) is 0. The Labute approximate surface area is 178 Å². The van der Waals surface area contributed by atoms with E-state index in [1.54, 1.807) is 11.0 Å². The maximum absolute atomic E-state index is 13.9. The van der Waals surface area contributed by atoms with Crippen LogP contribution in [0.15, 0.2) is 42.5 Å². The Morgan fingerprint density at radius 2 is 1.70 bits per heavy atom. The highest BCUT2D eigenvalue weighted by Gasteiger charge is 2.23. The number of anilines is 1. The predicted octanol–water partition coefficient (Wildman–Crippen LogP) is 3.51. The van der Waals surface area contributed by atoms with Crippen molar-refractivity contribution >= 4 is 11.6 Å². The lowest BCUT2D eigenvalue weighted by molar-refractivity contribution is -0.120. The Hall–Kier alpha value is -2.75. The molecule has 30 heavy (non-hydrogen) atoms. The van der Waals surface area contributed by atoms with Crippen LogP contribution in [0.3, 0.4) is 0 Å². The normalized spacial score (nSPS) is 15.0. The largest absolute Gasteiger partial charge is 0.310 e. The Morgan fingerprint density at radius 1 is 1.07 bits per heavy atom. The van der Waals surface area contributed by atoms with Gasteiger partial charge in [0.2, 0.25) is 5.91 Å². The number of hydrogen-bond acceptors (Lipinski definition) is 4. The summed E-state index contributed by atoms with van der Waals surface area (Å²) in [6.07, 6.45) is 0.301. The number of nitrogens with zero attached hydrogens (tertiary/aromatic N) is 4. The number of carbonyl (C=O) groups excluding carboxylic acids is 1. The van der Waals surface area contributed by atoms with Crippen LogP contribution in [-0.2, 0) is 11.3 Å². The van der Waals surface area contributed by atoms with Gasteiger partial charge in [-0.15, -0.1) is 0 Å². The summed E-state index contributed by atoms with van der Waals surface area (Å²) in [4.78, 5) is 19.2. The molecule has 1 heterocycles. The second kappa shape index (κ2) is 10.3. The van der Waals surface area contributed by atoms with Gasteiger partial charge >= 0.3 is 0 Å². The van der Waals surface area contributed by atoms with Crippen LogP contribution in [0.25, 0.3) is 0 Å². The van der Waals surface area contributed by atoms with Crippen molar-refractivity contribution in [3.05, 3.63) is 65.0 Å². The molecule has 1 aliphatic rings. The van der Waals surface area contributed by atoms with Crippen LogP contribution in [0.5, 0.6) is 0 Å². The summed E-state index contributed by atoms with van der Waals surface area (Å²) in [7, 11) is 0. The van der Waals surface area contributed by atoms with Gasteiger partial charge in [0, 0.05) is 50.5 Å². The number of rotatable bonds is 7. The van der Waals surface area contributed by atoms with E-state index in [-0.39, 0.29) is 11.7 Å². The van der Waals surface area contributed by atoms with Crippen LogP contribution in [-0.4, -0.2) is 55.0 Å². The molecule has 0 atom stereocenters. The van der Waals surface area contributed by atoms with E-state index in [1.165, 1.54) is 6.07 Å². The quantitative estimate of drug-likeness (QED) is 0.704. The molecule has 0 bridgehead atoms. The third kappa shape index (κ3) is 5.88. The Balaban J connectivity index is 1.58. The van der Waals surface area contributed by atoms with Crippen molar-refractivity contribution in [2.45, 2.75) is 26.8 Å². The molecular weight excluding hydrogens is 379 g/mol. The maximum Gasteiger partial charge on any atom is 0.241 e. The molecule has 1 fully saturated rings. The fourth-order valence-electron chi connectivity index (χ4n) is 3.92. The lowest BCUT2D eigenvalue weighted by atomic mass is 10.1. The standard InChI is InChI=1S/C24H29FN4O/c1-19-14-20(2)16-22(15-19)29(9-5-8-26)24(30)18-28-12-10-27(11-13-28)17-21-6-3-4-7-23(21)25/h3-4,6-7,14-16H,5,9-13,17-18H2,1-2H3. The zero-order valence-corrected chi connectivity index (χ0v) is 17.8. The molecule has 6 heteroatoms. The summed E-state index contributed by atoms with van der Waals surface area (Å²) in [5.74, 6) is -0.158. The molecule has 3 rings (SSSR count). The summed E-state index contributed by atoms with van der Waals surface area (Å²) >= 11 is 0. The zero-order chi connectivity index (χ0) is 21.5. The van der Waals surface area contributed by atoms with E-state index in [0.29, 0.717) is 31.6 Å². The highest BCUT2D eigenvalue weighted by molar-refractivity contribution is 5.95. The van der Waals surface area contributed by atoms with E-state index in [0.717, 1.165) is 43.0 Å². The molecule has 0 aliphatic carbocycles. The van der Waals surface area contributed by atoms with Crippen molar-refractivity contribution in [3.63, 3.8) is 0 Å². The molecule has 0 spiro atoms. The molecule has 1 aliphatic heterocycles. The van der Waals surface area contributed by atoms with Crippen molar-refractivity contribution in [2.75, 3.05) is 44.2 Å². The summed E-state index contributed by atoms with van der Waals surface area (Å²) in [6.45, 7) is 8.45. The number of carbonyl (C=O) groups is 1. The van der Waals surface area contributed by atoms with Gasteiger partial charge in [-0.1, -0.05) is 24.3 Å². The van der Waals surface area contributed by atoms with Crippen molar-refractivity contribution < 1.29 is 9.18 Å². The first-order chi connectivity index (χ1) is 14.5. The van der Waals surface area contributed by atoms with Crippen LogP contribution in [0.4, 0.5) is 10.1 Å². The van der Waals surface area contributed by atoms with Crippen molar-refractivity contribution in [3.8, 4) is 6.07 Å². The summed E-state index contributed by atoms with van der Waals surface area (Å²) in [5.41, 5.74) is 3.76. The fraction of sp³-hybridized carbons (Fsp3) is 0.417. The van der Waals surface area contributed by atoms with Gasteiger partial charge < -0.3 is 4.90 Å². The molecule has 158 valence electrons. The summed E-state index contributed by atoms with van der Waals surface area (Å²) < 4.78 is 13.9. The molecule has 5 nitrogen and oxygen atoms in total. The first-order valence-corrected chi connectivity index (χ1v) is 10.4. The Bertz CT molecular complexity index is 895. The second-order valence-electron chi connectivity index (χ2n) is 7.94. The maximum atomic E-state index is 13.9. The van der Waals surface area contributed by atoms with Gasteiger partial charge in [-0.3, -0.25) is 14.6 Å². The average molecular weight is 409 g/mol. The number of piperazine rings is 1. The second-order valence-corrected chi connectivity index (χ2v) is 7.94. The SMILES string of the molecule is Cc1cc(C)cc(N(CCC#N)C(=O)CN2CCN(Cc3ccccc3F)CC2)c1. The third-order valence-electron chi connectivity index (χ3n) is 5.44. The van der Waals surface area contributed by atoms with Crippen LogP contribution in [0.2, 0.25) is 0 Å². The van der Waals surface area contributed by atoms with Gasteiger partial charge in [0.15, 0.2) is 0 Å². The molecule has 0 unspecified atom stereocenters. The highest BCUT2D eigenvalue weighted by atomic mass is 19.1. The van der Waals surface area contributed by atoms with Gasteiger partial charge in [0.1, 0.15) is 5.82 Å². The van der Waals surface area contributed by atoms with E-state index in [9.17, 15) is 9.18 Å². The lowest BCUT2D eigenvalue weighted by Gasteiger charge is -2.35. The van der Waals surface area contributed by atoms with Gasteiger partial charge in [-0.05, 0) is 43.2 Å². The molecule has 0 aromatic heterocycles. The molecule has 0 radical (unpaired) electrons. The minimum atomic E-state index is -0.170. The summed E-state index contributed by atoms with van der Waals surface area (Å²) in [6, 6.07) is 15.1. The fourth-order valence-corrected chi connectivity index (χ4v) is 3.92. The van der Waals surface area contributed by atoms with Gasteiger partial charge in [-0.25, -0.2) is 4.39 Å². The van der Waals surface area contributed by atoms with E-state index in [2.05, 4.69) is 21.9 Å². The predicted molar refractivity (Wildman–Crippen MR) is 117 cm³/mol. The Morgan fingerprint density at radius 3 is 2.33 bits per heavy atom. The van der Waals surface area contributed by atoms with E-state index in [1.807, 2.05) is 38.1 Å². The molecule has 1 saturated heterocycles. The molecule has 0 saturated carbocycles. The number of halogens is 1. The van der Waals surface area contributed by atoms with Crippen LogP contribution in [0.1, 0.15) is 23.1 Å². The molecule has 2 aromatic rings. The first kappa shape index (κ1) is 21.9. The van der Waals surface area contributed by atoms with E-state index >= 15 is 0 Å². The lowest BCUT2D eigenvalue weighted by Crippen LogP contribution is -2.50. The van der Waals surface area contributed by atoms with Gasteiger partial charge in [-0.2, -0.15) is 5.26 Å². The van der Waals surface area contributed by atoms with Crippen molar-refractivity contribution in [2.24, 2.45) is 0 Å². The minimum absolute atomic E-state index is 0.0119. The monoisotopic (exact) mass is 408 g/mol. The number of benzene rings is 2. The van der Waals surface area contributed by atoms with Gasteiger partial charge in [0.25, 0.3) is 0 Å². The smallest absolute Gasteiger partial charge is 0.241 e. The van der Waals surface area contributed by atoms with Crippen LogP contribution < -0.4 is 4.90 Å². The Kier molecular flexibility index (Phi) is 7.56. The van der Waals surface area contributed by atoms with Crippen molar-refractivity contribution in [1.29, 1.82) is 5.26 Å². The topological polar surface area (TPSA) is 50.6 Å². The highest BCUT2D eigenvalue weighted by Crippen LogP contribution is 2.20. The third-order valence-corrected chi connectivity index (χ3v) is 5.44. The number of aryl methyl sites for hydroxylation is 2. The average Bonchev–Trinajstić information content (AvgIpc) is 2.71. The van der Waals surface area contributed by atoms with E-state index in [4.69, 9.17) is 5.26 Å².